The molecule has 3 nitrogen and oxygen atoms in total. The number of hydrogen-bond donors (Lipinski definition) is 1. The van der Waals surface area contributed by atoms with Crippen molar-refractivity contribution in [2.24, 2.45) is 5.92 Å². The van der Waals surface area contributed by atoms with E-state index in [-0.39, 0.29) is 12.2 Å². The second-order valence-electron chi connectivity index (χ2n) is 5.62. The van der Waals surface area contributed by atoms with Crippen molar-refractivity contribution in [1.29, 1.82) is 0 Å². The third kappa shape index (κ3) is 4.93. The van der Waals surface area contributed by atoms with Crippen molar-refractivity contribution in [3.05, 3.63) is 35.6 Å². The van der Waals surface area contributed by atoms with Gasteiger partial charge in [-0.25, -0.2) is 4.39 Å². The molecule has 20 heavy (non-hydrogen) atoms. The smallest absolute Gasteiger partial charge is 0.304 e. The number of carbonyl (C=O) groups is 1. The molecule has 1 saturated heterocycles. The van der Waals surface area contributed by atoms with Gasteiger partial charge in [-0.05, 0) is 55.8 Å². The molecule has 4 heteroatoms. The Morgan fingerprint density at radius 2 is 2.30 bits per heavy atom. The molecular weight excluding hydrogens is 257 g/mol. The summed E-state index contributed by atoms with van der Waals surface area (Å²) in [6.45, 7) is 2.62. The van der Waals surface area contributed by atoms with Crippen molar-refractivity contribution in [2.75, 3.05) is 19.6 Å². The molecule has 110 valence electrons. The van der Waals surface area contributed by atoms with Crippen molar-refractivity contribution in [1.82, 2.24) is 4.90 Å². The number of carboxylic acid groups (broad SMARTS) is 1. The molecule has 1 heterocycles. The Morgan fingerprint density at radius 3 is 3.05 bits per heavy atom. The Balaban J connectivity index is 1.76. The maximum absolute atomic E-state index is 13.1. The molecule has 1 atom stereocenters. The highest BCUT2D eigenvalue weighted by atomic mass is 19.1. The summed E-state index contributed by atoms with van der Waals surface area (Å²) in [5, 5.41) is 8.73. The van der Waals surface area contributed by atoms with Crippen LogP contribution in [0.3, 0.4) is 0 Å². The van der Waals surface area contributed by atoms with Gasteiger partial charge in [0.1, 0.15) is 5.82 Å². The van der Waals surface area contributed by atoms with E-state index in [1.165, 1.54) is 12.5 Å². The summed E-state index contributed by atoms with van der Waals surface area (Å²) in [5.41, 5.74) is 1.05. The molecule has 0 bridgehead atoms. The molecule has 1 aliphatic heterocycles. The highest BCUT2D eigenvalue weighted by Gasteiger charge is 2.20. The molecule has 0 spiro atoms. The lowest BCUT2D eigenvalue weighted by atomic mass is 9.91. The van der Waals surface area contributed by atoms with E-state index < -0.39 is 5.97 Å². The molecule has 1 unspecified atom stereocenters. The fourth-order valence-corrected chi connectivity index (χ4v) is 2.91. The molecule has 0 radical (unpaired) electrons. The van der Waals surface area contributed by atoms with Crippen LogP contribution in [0.5, 0.6) is 0 Å². The van der Waals surface area contributed by atoms with Gasteiger partial charge >= 0.3 is 5.97 Å². The van der Waals surface area contributed by atoms with Gasteiger partial charge in [0.15, 0.2) is 0 Å². The van der Waals surface area contributed by atoms with Gasteiger partial charge in [-0.15, -0.1) is 0 Å². The minimum Gasteiger partial charge on any atom is -0.481 e. The van der Waals surface area contributed by atoms with E-state index in [4.69, 9.17) is 5.11 Å². The summed E-state index contributed by atoms with van der Waals surface area (Å²) in [6, 6.07) is 6.79. The summed E-state index contributed by atoms with van der Waals surface area (Å²) in [7, 11) is 0. The summed E-state index contributed by atoms with van der Waals surface area (Å²) >= 11 is 0. The number of aliphatic carboxylic acids is 1. The molecule has 1 aliphatic rings. The summed E-state index contributed by atoms with van der Waals surface area (Å²) < 4.78 is 13.1. The van der Waals surface area contributed by atoms with Gasteiger partial charge in [0, 0.05) is 13.1 Å². The van der Waals surface area contributed by atoms with Crippen LogP contribution in [-0.2, 0) is 11.2 Å². The lowest BCUT2D eigenvalue weighted by Gasteiger charge is -2.32. The van der Waals surface area contributed by atoms with Crippen LogP contribution in [0, 0.1) is 11.7 Å². The van der Waals surface area contributed by atoms with Crippen molar-refractivity contribution in [3.63, 3.8) is 0 Å². The highest BCUT2D eigenvalue weighted by Crippen LogP contribution is 2.21. The van der Waals surface area contributed by atoms with Crippen LogP contribution < -0.4 is 0 Å². The quantitative estimate of drug-likeness (QED) is 0.870. The van der Waals surface area contributed by atoms with Crippen molar-refractivity contribution in [3.8, 4) is 0 Å². The molecule has 1 N–H and O–H groups in total. The summed E-state index contributed by atoms with van der Waals surface area (Å²) in [4.78, 5) is 12.8. The molecule has 0 aromatic heterocycles. The molecule has 1 fully saturated rings. The highest BCUT2D eigenvalue weighted by molar-refractivity contribution is 5.66. The Morgan fingerprint density at radius 1 is 1.45 bits per heavy atom. The Kier molecular flexibility index (Phi) is 5.53. The van der Waals surface area contributed by atoms with Crippen molar-refractivity contribution < 1.29 is 14.3 Å². The largest absolute Gasteiger partial charge is 0.481 e. The topological polar surface area (TPSA) is 40.5 Å². The monoisotopic (exact) mass is 279 g/mol. The summed E-state index contributed by atoms with van der Waals surface area (Å²) in [6.07, 6.45) is 4.49. The van der Waals surface area contributed by atoms with Crippen LogP contribution in [-0.4, -0.2) is 35.6 Å². The average molecular weight is 279 g/mol. The number of halogens is 1. The zero-order valence-electron chi connectivity index (χ0n) is 11.7. The van der Waals surface area contributed by atoms with Gasteiger partial charge in [0.05, 0.1) is 6.42 Å². The number of piperidine rings is 1. The molecule has 2 rings (SSSR count). The minimum absolute atomic E-state index is 0.172. The number of rotatable bonds is 6. The number of benzene rings is 1. The van der Waals surface area contributed by atoms with Gasteiger partial charge in [0.25, 0.3) is 0 Å². The molecule has 0 aliphatic carbocycles. The maximum atomic E-state index is 13.1. The number of likely N-dealkylation sites (tertiary alicyclic amines) is 1. The third-order valence-corrected chi connectivity index (χ3v) is 3.98. The van der Waals surface area contributed by atoms with Gasteiger partial charge in [0.2, 0.25) is 0 Å². The first kappa shape index (κ1) is 15.0. The van der Waals surface area contributed by atoms with Gasteiger partial charge in [-0.1, -0.05) is 12.1 Å². The van der Waals surface area contributed by atoms with E-state index in [1.807, 2.05) is 6.07 Å². The van der Waals surface area contributed by atoms with Crippen molar-refractivity contribution >= 4 is 5.97 Å². The minimum atomic E-state index is -0.730. The second-order valence-corrected chi connectivity index (χ2v) is 5.62. The van der Waals surface area contributed by atoms with Gasteiger partial charge < -0.3 is 10.0 Å². The Hall–Kier alpha value is -1.42. The van der Waals surface area contributed by atoms with E-state index in [2.05, 4.69) is 4.90 Å². The zero-order valence-corrected chi connectivity index (χ0v) is 11.7. The van der Waals surface area contributed by atoms with Gasteiger partial charge in [-0.2, -0.15) is 0 Å². The standard InChI is InChI=1S/C16H22FNO2/c17-15-5-1-3-13(11-15)6-7-14-4-2-9-18(12-14)10-8-16(19)20/h1,3,5,11,14H,2,4,6-10,12H2,(H,19,20). The first-order chi connectivity index (χ1) is 9.63. The van der Waals surface area contributed by atoms with E-state index in [9.17, 15) is 9.18 Å². The fourth-order valence-electron chi connectivity index (χ4n) is 2.91. The Labute approximate surface area is 119 Å². The predicted molar refractivity (Wildman–Crippen MR) is 76.1 cm³/mol. The van der Waals surface area contributed by atoms with Crippen LogP contribution in [0.25, 0.3) is 0 Å². The average Bonchev–Trinajstić information content (AvgIpc) is 2.43. The van der Waals surface area contributed by atoms with Crippen LogP contribution in [0.4, 0.5) is 4.39 Å². The second kappa shape index (κ2) is 7.39. The third-order valence-electron chi connectivity index (χ3n) is 3.98. The van der Waals surface area contributed by atoms with Crippen LogP contribution >= 0.6 is 0 Å². The molecule has 0 saturated carbocycles. The SMILES string of the molecule is O=C(O)CCN1CCCC(CCc2cccc(F)c2)C1. The van der Waals surface area contributed by atoms with E-state index >= 15 is 0 Å². The van der Waals surface area contributed by atoms with Crippen LogP contribution in [0.1, 0.15) is 31.2 Å². The molecule has 0 amide bonds. The summed E-state index contributed by atoms with van der Waals surface area (Å²) in [5.74, 6) is -0.304. The van der Waals surface area contributed by atoms with Crippen molar-refractivity contribution in [2.45, 2.75) is 32.1 Å². The number of nitrogens with zero attached hydrogens (tertiary/aromatic N) is 1. The van der Waals surface area contributed by atoms with E-state index in [0.29, 0.717) is 12.5 Å². The predicted octanol–water partition coefficient (Wildman–Crippen LogP) is 2.95. The van der Waals surface area contributed by atoms with Crippen LogP contribution in [0.15, 0.2) is 24.3 Å². The molecular formula is C16H22FNO2. The zero-order chi connectivity index (χ0) is 14.4. The van der Waals surface area contributed by atoms with Gasteiger partial charge in [-0.3, -0.25) is 4.79 Å². The lowest BCUT2D eigenvalue weighted by molar-refractivity contribution is -0.137. The normalized spacial score (nSPS) is 19.9. The number of carboxylic acids is 1. The Bertz CT molecular complexity index is 450. The first-order valence-electron chi connectivity index (χ1n) is 7.32. The number of hydrogen-bond acceptors (Lipinski definition) is 2. The molecule has 1 aromatic rings. The van der Waals surface area contributed by atoms with E-state index in [0.717, 1.165) is 37.9 Å². The lowest BCUT2D eigenvalue weighted by Crippen LogP contribution is -2.36. The number of aryl methyl sites for hydroxylation is 1. The van der Waals surface area contributed by atoms with E-state index in [1.54, 1.807) is 12.1 Å². The maximum Gasteiger partial charge on any atom is 0.304 e. The van der Waals surface area contributed by atoms with Crippen LogP contribution in [0.2, 0.25) is 0 Å². The first-order valence-corrected chi connectivity index (χ1v) is 7.32. The molecule has 1 aromatic carbocycles. The fraction of sp³-hybridized carbons (Fsp3) is 0.562.